The van der Waals surface area contributed by atoms with Gasteiger partial charge in [-0.1, -0.05) is 6.07 Å². The van der Waals surface area contributed by atoms with E-state index >= 15 is 0 Å². The molecule has 1 heterocycles. The molecule has 0 aliphatic carbocycles. The van der Waals surface area contributed by atoms with Gasteiger partial charge in [-0.3, -0.25) is 0 Å². The first-order valence-corrected chi connectivity index (χ1v) is 6.37. The van der Waals surface area contributed by atoms with E-state index in [-0.39, 0.29) is 23.6 Å². The standard InChI is InChI=1S/C14H20FNO2/c1-18-13-4-3-11(9-12(13)15)14(10-17)5-2-7-16-8-6-14/h3-4,9,16-17H,2,5-8,10H2,1H3. The monoisotopic (exact) mass is 253 g/mol. The maximum absolute atomic E-state index is 13.8. The Balaban J connectivity index is 2.33. The molecule has 100 valence electrons. The van der Waals surface area contributed by atoms with Crippen LogP contribution in [0.5, 0.6) is 5.75 Å². The van der Waals surface area contributed by atoms with Crippen LogP contribution in [0.4, 0.5) is 4.39 Å². The summed E-state index contributed by atoms with van der Waals surface area (Å²) in [7, 11) is 1.45. The first-order chi connectivity index (χ1) is 8.72. The van der Waals surface area contributed by atoms with E-state index in [1.165, 1.54) is 13.2 Å². The van der Waals surface area contributed by atoms with Gasteiger partial charge in [-0.25, -0.2) is 4.39 Å². The molecule has 1 aromatic rings. The fourth-order valence-corrected chi connectivity index (χ4v) is 2.66. The molecule has 0 bridgehead atoms. The van der Waals surface area contributed by atoms with Crippen molar-refractivity contribution in [3.63, 3.8) is 0 Å². The Kier molecular flexibility index (Phi) is 4.19. The number of hydrogen-bond acceptors (Lipinski definition) is 3. The summed E-state index contributed by atoms with van der Waals surface area (Å²) in [6.45, 7) is 1.87. The van der Waals surface area contributed by atoms with Crippen LogP contribution in [-0.4, -0.2) is 31.9 Å². The molecule has 0 saturated carbocycles. The maximum Gasteiger partial charge on any atom is 0.165 e. The fraction of sp³-hybridized carbons (Fsp3) is 0.571. The SMILES string of the molecule is COc1ccc(C2(CO)CCCNCC2)cc1F. The molecule has 18 heavy (non-hydrogen) atoms. The molecule has 0 aromatic heterocycles. The van der Waals surface area contributed by atoms with Gasteiger partial charge in [0, 0.05) is 5.41 Å². The molecule has 1 atom stereocenters. The average molecular weight is 253 g/mol. The minimum Gasteiger partial charge on any atom is -0.494 e. The lowest BCUT2D eigenvalue weighted by Gasteiger charge is -2.31. The second-order valence-electron chi connectivity index (χ2n) is 4.89. The number of benzene rings is 1. The second-order valence-corrected chi connectivity index (χ2v) is 4.89. The highest BCUT2D eigenvalue weighted by Gasteiger charge is 2.32. The largest absolute Gasteiger partial charge is 0.494 e. The van der Waals surface area contributed by atoms with Crippen LogP contribution < -0.4 is 10.1 Å². The zero-order valence-electron chi connectivity index (χ0n) is 10.7. The van der Waals surface area contributed by atoms with Crippen LogP contribution in [-0.2, 0) is 5.41 Å². The fourth-order valence-electron chi connectivity index (χ4n) is 2.66. The third-order valence-electron chi connectivity index (χ3n) is 3.86. The molecule has 2 N–H and O–H groups in total. The highest BCUT2D eigenvalue weighted by atomic mass is 19.1. The van der Waals surface area contributed by atoms with Crippen LogP contribution in [0.3, 0.4) is 0 Å². The second kappa shape index (κ2) is 5.67. The Morgan fingerprint density at radius 3 is 2.89 bits per heavy atom. The molecule has 4 heteroatoms. The van der Waals surface area contributed by atoms with E-state index in [1.54, 1.807) is 6.07 Å². The summed E-state index contributed by atoms with van der Waals surface area (Å²) in [6.07, 6.45) is 2.70. The van der Waals surface area contributed by atoms with E-state index in [0.29, 0.717) is 0 Å². The molecule has 1 aliphatic heterocycles. The van der Waals surface area contributed by atoms with Gasteiger partial charge in [-0.05, 0) is 50.0 Å². The van der Waals surface area contributed by atoms with Crippen LogP contribution in [0.15, 0.2) is 18.2 Å². The predicted octanol–water partition coefficient (Wildman–Crippen LogP) is 1.84. The number of methoxy groups -OCH3 is 1. The van der Waals surface area contributed by atoms with Crippen molar-refractivity contribution in [2.24, 2.45) is 0 Å². The molecule has 1 aliphatic rings. The first kappa shape index (κ1) is 13.3. The smallest absolute Gasteiger partial charge is 0.165 e. The molecular formula is C14H20FNO2. The number of aliphatic hydroxyl groups is 1. The third-order valence-corrected chi connectivity index (χ3v) is 3.86. The molecule has 0 spiro atoms. The van der Waals surface area contributed by atoms with Crippen molar-refractivity contribution < 1.29 is 14.2 Å². The summed E-state index contributed by atoms with van der Waals surface area (Å²) in [5, 5.41) is 13.1. The highest BCUT2D eigenvalue weighted by molar-refractivity contribution is 5.34. The lowest BCUT2D eigenvalue weighted by atomic mass is 9.75. The molecule has 1 aromatic carbocycles. The molecule has 0 amide bonds. The molecular weight excluding hydrogens is 233 g/mol. The number of halogens is 1. The van der Waals surface area contributed by atoms with E-state index in [4.69, 9.17) is 4.74 Å². The van der Waals surface area contributed by atoms with E-state index in [9.17, 15) is 9.50 Å². The van der Waals surface area contributed by atoms with Crippen molar-refractivity contribution in [1.29, 1.82) is 0 Å². The Bertz CT molecular complexity index is 401. The topological polar surface area (TPSA) is 41.5 Å². The van der Waals surface area contributed by atoms with Gasteiger partial charge in [-0.15, -0.1) is 0 Å². The van der Waals surface area contributed by atoms with Gasteiger partial charge >= 0.3 is 0 Å². The quantitative estimate of drug-likeness (QED) is 0.863. The van der Waals surface area contributed by atoms with Crippen molar-refractivity contribution in [2.75, 3.05) is 26.8 Å². The van der Waals surface area contributed by atoms with E-state index in [2.05, 4.69) is 5.32 Å². The van der Waals surface area contributed by atoms with E-state index < -0.39 is 0 Å². The van der Waals surface area contributed by atoms with Gasteiger partial charge in [-0.2, -0.15) is 0 Å². The molecule has 3 nitrogen and oxygen atoms in total. The number of ether oxygens (including phenoxy) is 1. The van der Waals surface area contributed by atoms with Gasteiger partial charge in [0.15, 0.2) is 11.6 Å². The van der Waals surface area contributed by atoms with Crippen molar-refractivity contribution in [3.05, 3.63) is 29.6 Å². The van der Waals surface area contributed by atoms with Crippen molar-refractivity contribution in [3.8, 4) is 5.75 Å². The summed E-state index contributed by atoms with van der Waals surface area (Å²) < 4.78 is 18.7. The highest BCUT2D eigenvalue weighted by Crippen LogP contribution is 2.35. The lowest BCUT2D eigenvalue weighted by Crippen LogP contribution is -2.32. The van der Waals surface area contributed by atoms with Gasteiger partial charge in [0.05, 0.1) is 13.7 Å². The number of rotatable bonds is 3. The number of aliphatic hydroxyl groups excluding tert-OH is 1. The van der Waals surface area contributed by atoms with Gasteiger partial charge in [0.1, 0.15) is 0 Å². The maximum atomic E-state index is 13.8. The summed E-state index contributed by atoms with van der Waals surface area (Å²) >= 11 is 0. The van der Waals surface area contributed by atoms with Crippen LogP contribution >= 0.6 is 0 Å². The van der Waals surface area contributed by atoms with Crippen molar-refractivity contribution >= 4 is 0 Å². The molecule has 1 unspecified atom stereocenters. The van der Waals surface area contributed by atoms with Gasteiger partial charge in [0.2, 0.25) is 0 Å². The van der Waals surface area contributed by atoms with E-state index in [0.717, 1.165) is 37.9 Å². The number of nitrogens with one attached hydrogen (secondary N) is 1. The minimum absolute atomic E-state index is 0.0560. The zero-order valence-corrected chi connectivity index (χ0v) is 10.7. The lowest BCUT2D eigenvalue weighted by molar-refractivity contribution is 0.178. The van der Waals surface area contributed by atoms with Gasteiger partial charge < -0.3 is 15.2 Å². The minimum atomic E-state index is -0.361. The third kappa shape index (κ3) is 2.49. The molecule has 2 rings (SSSR count). The molecule has 0 radical (unpaired) electrons. The van der Waals surface area contributed by atoms with Crippen LogP contribution in [0.1, 0.15) is 24.8 Å². The Morgan fingerprint density at radius 2 is 2.22 bits per heavy atom. The average Bonchev–Trinajstić information content (AvgIpc) is 2.65. The van der Waals surface area contributed by atoms with E-state index in [1.807, 2.05) is 6.07 Å². The molecule has 1 saturated heterocycles. The summed E-state index contributed by atoms with van der Waals surface area (Å²) in [5.41, 5.74) is 0.545. The van der Waals surface area contributed by atoms with Crippen molar-refractivity contribution in [2.45, 2.75) is 24.7 Å². The predicted molar refractivity (Wildman–Crippen MR) is 68.4 cm³/mol. The summed E-state index contributed by atoms with van der Waals surface area (Å²) in [5.74, 6) is -0.112. The molecule has 1 fully saturated rings. The Morgan fingerprint density at radius 1 is 1.39 bits per heavy atom. The van der Waals surface area contributed by atoms with Gasteiger partial charge in [0.25, 0.3) is 0 Å². The number of hydrogen-bond donors (Lipinski definition) is 2. The van der Waals surface area contributed by atoms with Crippen LogP contribution in [0.25, 0.3) is 0 Å². The van der Waals surface area contributed by atoms with Crippen LogP contribution in [0.2, 0.25) is 0 Å². The normalized spacial score (nSPS) is 24.6. The summed E-state index contributed by atoms with van der Waals surface area (Å²) in [4.78, 5) is 0. The Hall–Kier alpha value is -1.13. The summed E-state index contributed by atoms with van der Waals surface area (Å²) in [6, 6.07) is 5.00. The zero-order chi connectivity index (χ0) is 13.0. The van der Waals surface area contributed by atoms with Crippen LogP contribution in [0, 0.1) is 5.82 Å². The van der Waals surface area contributed by atoms with Crippen molar-refractivity contribution in [1.82, 2.24) is 5.32 Å². The Labute approximate surface area is 107 Å². The first-order valence-electron chi connectivity index (χ1n) is 6.37.